The van der Waals surface area contributed by atoms with Gasteiger partial charge in [0.25, 0.3) is 0 Å². The summed E-state index contributed by atoms with van der Waals surface area (Å²) in [5.41, 5.74) is 2.37. The molecule has 3 aromatic rings. The predicted molar refractivity (Wildman–Crippen MR) is 98.4 cm³/mol. The van der Waals surface area contributed by atoms with Gasteiger partial charge in [0.1, 0.15) is 24.3 Å². The molecule has 1 aromatic heterocycles. The monoisotopic (exact) mass is 354 g/mol. The standard InChI is InChI=1S/C20H22N2O4/c1-3-25-20(24)15-8-10-17(11-9-15)26-13-16(23)12-22-14(2)21-18-6-4-5-7-19(18)22/h4-11,16,23H,3,12-13H2,1-2H3/t16-/m1/s1. The van der Waals surface area contributed by atoms with Crippen molar-refractivity contribution in [1.29, 1.82) is 0 Å². The number of nitrogens with zero attached hydrogens (tertiary/aromatic N) is 2. The van der Waals surface area contributed by atoms with Crippen LogP contribution in [0.15, 0.2) is 48.5 Å². The Hall–Kier alpha value is -2.86. The van der Waals surface area contributed by atoms with E-state index >= 15 is 0 Å². The van der Waals surface area contributed by atoms with Gasteiger partial charge in [-0.3, -0.25) is 0 Å². The molecule has 0 unspecified atom stereocenters. The number of aromatic nitrogens is 2. The third kappa shape index (κ3) is 4.03. The topological polar surface area (TPSA) is 73.6 Å². The number of hydrogen-bond acceptors (Lipinski definition) is 5. The van der Waals surface area contributed by atoms with Gasteiger partial charge in [0.2, 0.25) is 0 Å². The molecule has 0 fully saturated rings. The van der Waals surface area contributed by atoms with Gasteiger partial charge in [-0.2, -0.15) is 0 Å². The van der Waals surface area contributed by atoms with Crippen molar-refractivity contribution < 1.29 is 19.4 Å². The second-order valence-electron chi connectivity index (χ2n) is 5.97. The van der Waals surface area contributed by atoms with Crippen molar-refractivity contribution in [3.8, 4) is 5.75 Å². The SMILES string of the molecule is CCOC(=O)c1ccc(OC[C@H](O)Cn2c(C)nc3ccccc32)cc1. The van der Waals surface area contributed by atoms with Gasteiger partial charge in [-0.25, -0.2) is 9.78 Å². The van der Waals surface area contributed by atoms with Gasteiger partial charge in [0.05, 0.1) is 29.7 Å². The fourth-order valence-corrected chi connectivity index (χ4v) is 2.78. The molecule has 1 heterocycles. The van der Waals surface area contributed by atoms with Crippen LogP contribution < -0.4 is 4.74 Å². The van der Waals surface area contributed by atoms with Crippen LogP contribution in [0.25, 0.3) is 11.0 Å². The van der Waals surface area contributed by atoms with E-state index in [0.717, 1.165) is 16.9 Å². The Labute approximate surface area is 152 Å². The molecule has 0 bridgehead atoms. The first kappa shape index (κ1) is 17.9. The van der Waals surface area contributed by atoms with Gasteiger partial charge in [-0.1, -0.05) is 12.1 Å². The molecule has 0 spiro atoms. The summed E-state index contributed by atoms with van der Waals surface area (Å²) in [6, 6.07) is 14.5. The molecule has 1 atom stereocenters. The first-order valence-electron chi connectivity index (χ1n) is 8.58. The van der Waals surface area contributed by atoms with Crippen LogP contribution in [-0.2, 0) is 11.3 Å². The molecule has 0 saturated carbocycles. The maximum Gasteiger partial charge on any atom is 0.338 e. The van der Waals surface area contributed by atoms with Gasteiger partial charge in [0.15, 0.2) is 0 Å². The largest absolute Gasteiger partial charge is 0.491 e. The van der Waals surface area contributed by atoms with E-state index in [-0.39, 0.29) is 12.6 Å². The number of imidazole rings is 1. The molecular weight excluding hydrogens is 332 g/mol. The van der Waals surface area contributed by atoms with E-state index in [0.29, 0.717) is 24.5 Å². The minimum Gasteiger partial charge on any atom is -0.491 e. The zero-order chi connectivity index (χ0) is 18.5. The number of carbonyl (C=O) groups excluding carboxylic acids is 1. The highest BCUT2D eigenvalue weighted by Crippen LogP contribution is 2.17. The number of fused-ring (bicyclic) bond motifs is 1. The second-order valence-corrected chi connectivity index (χ2v) is 5.97. The summed E-state index contributed by atoms with van der Waals surface area (Å²) >= 11 is 0. The molecule has 136 valence electrons. The Morgan fingerprint density at radius 2 is 1.92 bits per heavy atom. The average molecular weight is 354 g/mol. The number of carbonyl (C=O) groups is 1. The van der Waals surface area contributed by atoms with Crippen LogP contribution in [0.4, 0.5) is 0 Å². The van der Waals surface area contributed by atoms with Crippen molar-refractivity contribution in [3.63, 3.8) is 0 Å². The average Bonchev–Trinajstić information content (AvgIpc) is 2.96. The Morgan fingerprint density at radius 3 is 2.65 bits per heavy atom. The lowest BCUT2D eigenvalue weighted by molar-refractivity contribution is 0.0526. The van der Waals surface area contributed by atoms with Crippen LogP contribution in [-0.4, -0.2) is 39.9 Å². The molecule has 6 nitrogen and oxygen atoms in total. The Kier molecular flexibility index (Phi) is 5.53. The number of benzene rings is 2. The van der Waals surface area contributed by atoms with E-state index in [1.54, 1.807) is 31.2 Å². The van der Waals surface area contributed by atoms with Crippen molar-refractivity contribution >= 4 is 17.0 Å². The van der Waals surface area contributed by atoms with Crippen LogP contribution in [0.5, 0.6) is 5.75 Å². The van der Waals surface area contributed by atoms with Gasteiger partial charge in [0, 0.05) is 0 Å². The van der Waals surface area contributed by atoms with Gasteiger partial charge < -0.3 is 19.1 Å². The number of rotatable bonds is 7. The van der Waals surface area contributed by atoms with Crippen LogP contribution in [0.2, 0.25) is 0 Å². The molecule has 26 heavy (non-hydrogen) atoms. The molecule has 2 aromatic carbocycles. The van der Waals surface area contributed by atoms with Crippen LogP contribution in [0.3, 0.4) is 0 Å². The first-order valence-corrected chi connectivity index (χ1v) is 8.58. The van der Waals surface area contributed by atoms with Crippen LogP contribution in [0, 0.1) is 6.92 Å². The van der Waals surface area contributed by atoms with Crippen molar-refractivity contribution in [2.45, 2.75) is 26.5 Å². The van der Waals surface area contributed by atoms with Crippen LogP contribution >= 0.6 is 0 Å². The number of aliphatic hydroxyl groups excluding tert-OH is 1. The highest BCUT2D eigenvalue weighted by molar-refractivity contribution is 5.89. The van der Waals surface area contributed by atoms with Gasteiger partial charge >= 0.3 is 5.97 Å². The number of para-hydroxylation sites is 2. The van der Waals surface area contributed by atoms with E-state index in [9.17, 15) is 9.90 Å². The predicted octanol–water partition coefficient (Wildman–Crippen LogP) is 2.96. The van der Waals surface area contributed by atoms with Crippen molar-refractivity contribution in [3.05, 3.63) is 59.9 Å². The lowest BCUT2D eigenvalue weighted by atomic mass is 10.2. The Morgan fingerprint density at radius 1 is 1.19 bits per heavy atom. The number of aliphatic hydroxyl groups is 1. The van der Waals surface area contributed by atoms with E-state index in [4.69, 9.17) is 9.47 Å². The zero-order valence-electron chi connectivity index (χ0n) is 14.9. The zero-order valence-corrected chi connectivity index (χ0v) is 14.9. The lowest BCUT2D eigenvalue weighted by Crippen LogP contribution is -2.24. The van der Waals surface area contributed by atoms with E-state index in [2.05, 4.69) is 4.98 Å². The molecule has 0 radical (unpaired) electrons. The minimum absolute atomic E-state index is 0.144. The summed E-state index contributed by atoms with van der Waals surface area (Å²) in [7, 11) is 0. The smallest absolute Gasteiger partial charge is 0.338 e. The maximum absolute atomic E-state index is 11.6. The summed E-state index contributed by atoms with van der Waals surface area (Å²) < 4.78 is 12.5. The molecule has 0 amide bonds. The summed E-state index contributed by atoms with van der Waals surface area (Å²) in [6.07, 6.45) is -0.684. The summed E-state index contributed by atoms with van der Waals surface area (Å²) in [6.45, 7) is 4.56. The third-order valence-electron chi connectivity index (χ3n) is 4.05. The Balaban J connectivity index is 1.59. The van der Waals surface area contributed by atoms with Gasteiger partial charge in [-0.05, 0) is 50.2 Å². The quantitative estimate of drug-likeness (QED) is 0.660. The van der Waals surface area contributed by atoms with Crippen molar-refractivity contribution in [1.82, 2.24) is 9.55 Å². The highest BCUT2D eigenvalue weighted by Gasteiger charge is 2.13. The lowest BCUT2D eigenvalue weighted by Gasteiger charge is -2.15. The fraction of sp³-hybridized carbons (Fsp3) is 0.300. The number of ether oxygens (including phenoxy) is 2. The fourth-order valence-electron chi connectivity index (χ4n) is 2.78. The van der Waals surface area contributed by atoms with Crippen molar-refractivity contribution in [2.24, 2.45) is 0 Å². The van der Waals surface area contributed by atoms with E-state index in [1.807, 2.05) is 35.8 Å². The molecule has 0 aliphatic heterocycles. The second kappa shape index (κ2) is 8.01. The minimum atomic E-state index is -0.684. The highest BCUT2D eigenvalue weighted by atomic mass is 16.5. The molecule has 0 aliphatic rings. The third-order valence-corrected chi connectivity index (χ3v) is 4.05. The van der Waals surface area contributed by atoms with Crippen molar-refractivity contribution in [2.75, 3.05) is 13.2 Å². The van der Waals surface area contributed by atoms with Gasteiger partial charge in [-0.15, -0.1) is 0 Å². The Bertz CT molecular complexity index is 886. The number of aryl methyl sites for hydroxylation is 1. The van der Waals surface area contributed by atoms with Crippen LogP contribution in [0.1, 0.15) is 23.1 Å². The number of hydrogen-bond donors (Lipinski definition) is 1. The first-order chi connectivity index (χ1) is 12.6. The molecule has 0 aliphatic carbocycles. The van der Waals surface area contributed by atoms with E-state index in [1.165, 1.54) is 0 Å². The molecule has 1 N–H and O–H groups in total. The molecule has 0 saturated heterocycles. The molecular formula is C20H22N2O4. The summed E-state index contributed by atoms with van der Waals surface area (Å²) in [5, 5.41) is 10.3. The maximum atomic E-state index is 11.6. The molecule has 3 rings (SSSR count). The normalized spacial score (nSPS) is 12.1. The molecule has 6 heteroatoms. The summed E-state index contributed by atoms with van der Waals surface area (Å²) in [4.78, 5) is 16.1. The van der Waals surface area contributed by atoms with E-state index < -0.39 is 6.10 Å². The number of esters is 1. The summed E-state index contributed by atoms with van der Waals surface area (Å²) in [5.74, 6) is 1.08.